The van der Waals surface area contributed by atoms with Gasteiger partial charge in [0.1, 0.15) is 13.2 Å². The summed E-state index contributed by atoms with van der Waals surface area (Å²) in [5.74, 6) is 2.03. The maximum atomic E-state index is 5.71. The maximum absolute atomic E-state index is 5.71. The van der Waals surface area contributed by atoms with Gasteiger partial charge in [-0.2, -0.15) is 0 Å². The van der Waals surface area contributed by atoms with Crippen LogP contribution in [0.2, 0.25) is 0 Å². The molecule has 0 unspecified atom stereocenters. The molecule has 112 valence electrons. The molecule has 1 aliphatic rings. The first kappa shape index (κ1) is 14.0. The van der Waals surface area contributed by atoms with Crippen molar-refractivity contribution in [3.63, 3.8) is 0 Å². The van der Waals surface area contributed by atoms with Crippen molar-refractivity contribution in [3.8, 4) is 11.5 Å². The lowest BCUT2D eigenvalue weighted by molar-refractivity contribution is 0.172. The van der Waals surface area contributed by atoms with Gasteiger partial charge >= 0.3 is 0 Å². The van der Waals surface area contributed by atoms with E-state index < -0.39 is 0 Å². The van der Waals surface area contributed by atoms with Crippen LogP contribution in [0.4, 0.5) is 5.69 Å². The number of benzene rings is 1. The van der Waals surface area contributed by atoms with E-state index in [4.69, 9.17) is 14.5 Å². The number of anilines is 1. The van der Waals surface area contributed by atoms with Crippen molar-refractivity contribution < 1.29 is 9.47 Å². The highest BCUT2D eigenvalue weighted by Gasteiger charge is 2.19. The lowest BCUT2D eigenvalue weighted by Gasteiger charge is -2.22. The minimum atomic E-state index is 0.421. The number of hydrogen-bond acceptors (Lipinski definition) is 4. The van der Waals surface area contributed by atoms with Crippen molar-refractivity contribution in [1.29, 1.82) is 0 Å². The Labute approximate surface area is 125 Å². The van der Waals surface area contributed by atoms with Gasteiger partial charge in [-0.05, 0) is 31.4 Å². The largest absolute Gasteiger partial charge is 0.486 e. The summed E-state index contributed by atoms with van der Waals surface area (Å²) < 4.78 is 11.4. The van der Waals surface area contributed by atoms with E-state index in [1.54, 1.807) is 0 Å². The van der Waals surface area contributed by atoms with Crippen LogP contribution in [0.5, 0.6) is 11.5 Å². The Morgan fingerprint density at radius 2 is 1.86 bits per heavy atom. The lowest BCUT2D eigenvalue weighted by atomic mass is 9.96. The van der Waals surface area contributed by atoms with Crippen molar-refractivity contribution in [1.82, 2.24) is 4.98 Å². The molecule has 0 saturated carbocycles. The second-order valence-corrected chi connectivity index (χ2v) is 5.68. The van der Waals surface area contributed by atoms with Crippen molar-refractivity contribution in [3.05, 3.63) is 23.4 Å². The van der Waals surface area contributed by atoms with Gasteiger partial charge < -0.3 is 14.8 Å². The number of hydrogen-bond donors (Lipinski definition) is 1. The van der Waals surface area contributed by atoms with Gasteiger partial charge in [-0.25, -0.2) is 0 Å². The van der Waals surface area contributed by atoms with Crippen molar-refractivity contribution in [2.24, 2.45) is 0 Å². The van der Waals surface area contributed by atoms with E-state index in [0.29, 0.717) is 19.1 Å². The molecule has 0 fully saturated rings. The number of aryl methyl sites for hydroxylation is 1. The molecule has 2 heterocycles. The number of nitrogens with one attached hydrogen (secondary N) is 1. The molecule has 1 aromatic heterocycles. The molecule has 0 aliphatic carbocycles. The number of rotatable bonds is 3. The Morgan fingerprint density at radius 1 is 1.19 bits per heavy atom. The molecule has 1 N–H and O–H groups in total. The van der Waals surface area contributed by atoms with Crippen LogP contribution in [0.15, 0.2) is 12.1 Å². The standard InChI is InChI=1S/C17H22N2O2/c1-5-18-17-12-8-14-15(21-7-6-20-14)9-13(12)19-11(4)16(17)10(2)3/h8-10H,5-7H2,1-4H3,(H,18,19). The molecule has 0 amide bonds. The molecule has 0 saturated heterocycles. The molecule has 4 nitrogen and oxygen atoms in total. The molecule has 21 heavy (non-hydrogen) atoms. The Hall–Kier alpha value is -1.97. The minimum absolute atomic E-state index is 0.421. The highest BCUT2D eigenvalue weighted by Crippen LogP contribution is 2.40. The summed E-state index contributed by atoms with van der Waals surface area (Å²) >= 11 is 0. The molecule has 1 aromatic carbocycles. The van der Waals surface area contributed by atoms with Crippen LogP contribution in [0.1, 0.15) is 37.9 Å². The smallest absolute Gasteiger partial charge is 0.163 e. The topological polar surface area (TPSA) is 43.4 Å². The fourth-order valence-electron chi connectivity index (χ4n) is 3.01. The highest BCUT2D eigenvalue weighted by molar-refractivity contribution is 5.96. The quantitative estimate of drug-likeness (QED) is 0.930. The fourth-order valence-corrected chi connectivity index (χ4v) is 3.01. The third-order valence-electron chi connectivity index (χ3n) is 3.81. The first-order valence-electron chi connectivity index (χ1n) is 7.59. The minimum Gasteiger partial charge on any atom is -0.486 e. The van der Waals surface area contributed by atoms with Gasteiger partial charge in [0, 0.05) is 29.4 Å². The van der Waals surface area contributed by atoms with E-state index in [0.717, 1.165) is 34.6 Å². The molecular formula is C17H22N2O2. The molecule has 2 aromatic rings. The van der Waals surface area contributed by atoms with Gasteiger partial charge in [0.25, 0.3) is 0 Å². The van der Waals surface area contributed by atoms with Crippen molar-refractivity contribution in [2.75, 3.05) is 25.1 Å². The second kappa shape index (κ2) is 5.43. The molecule has 4 heteroatoms. The SMILES string of the molecule is CCNc1c(C(C)C)c(C)nc2cc3c(cc12)OCCO3. The predicted molar refractivity (Wildman–Crippen MR) is 85.7 cm³/mol. The van der Waals surface area contributed by atoms with Crippen molar-refractivity contribution in [2.45, 2.75) is 33.6 Å². The number of pyridine rings is 1. The van der Waals surface area contributed by atoms with Crippen LogP contribution < -0.4 is 14.8 Å². The summed E-state index contributed by atoms with van der Waals surface area (Å²) in [6, 6.07) is 4.04. The summed E-state index contributed by atoms with van der Waals surface area (Å²) in [6.45, 7) is 10.7. The summed E-state index contributed by atoms with van der Waals surface area (Å²) in [5.41, 5.74) is 4.48. The summed E-state index contributed by atoms with van der Waals surface area (Å²) in [7, 11) is 0. The predicted octanol–water partition coefficient (Wildman–Crippen LogP) is 3.87. The first-order valence-corrected chi connectivity index (χ1v) is 7.59. The number of ether oxygens (including phenoxy) is 2. The zero-order valence-corrected chi connectivity index (χ0v) is 13.1. The molecule has 1 aliphatic heterocycles. The maximum Gasteiger partial charge on any atom is 0.163 e. The fraction of sp³-hybridized carbons (Fsp3) is 0.471. The van der Waals surface area contributed by atoms with Crippen LogP contribution in [-0.4, -0.2) is 24.7 Å². The van der Waals surface area contributed by atoms with Gasteiger partial charge in [0.15, 0.2) is 11.5 Å². The summed E-state index contributed by atoms with van der Waals surface area (Å²) in [6.07, 6.45) is 0. The second-order valence-electron chi connectivity index (χ2n) is 5.68. The molecule has 0 spiro atoms. The zero-order chi connectivity index (χ0) is 15.0. The van der Waals surface area contributed by atoms with Crippen LogP contribution in [-0.2, 0) is 0 Å². The molecule has 0 bridgehead atoms. The van der Waals surface area contributed by atoms with E-state index >= 15 is 0 Å². The molecular weight excluding hydrogens is 264 g/mol. The highest BCUT2D eigenvalue weighted by atomic mass is 16.6. The Balaban J connectivity index is 2.30. The Kier molecular flexibility index (Phi) is 3.62. The van der Waals surface area contributed by atoms with E-state index in [9.17, 15) is 0 Å². The lowest BCUT2D eigenvalue weighted by Crippen LogP contribution is -2.15. The number of fused-ring (bicyclic) bond motifs is 2. The van der Waals surface area contributed by atoms with Gasteiger partial charge in [-0.1, -0.05) is 13.8 Å². The average Bonchev–Trinajstić information content (AvgIpc) is 2.45. The monoisotopic (exact) mass is 286 g/mol. The van der Waals surface area contributed by atoms with Gasteiger partial charge in [0.2, 0.25) is 0 Å². The zero-order valence-electron chi connectivity index (χ0n) is 13.1. The van der Waals surface area contributed by atoms with Crippen LogP contribution >= 0.6 is 0 Å². The summed E-state index contributed by atoms with van der Waals surface area (Å²) in [5, 5.41) is 4.62. The van der Waals surface area contributed by atoms with Crippen LogP contribution in [0, 0.1) is 6.92 Å². The van der Waals surface area contributed by atoms with Crippen LogP contribution in [0.3, 0.4) is 0 Å². The van der Waals surface area contributed by atoms with Gasteiger partial charge in [-0.3, -0.25) is 4.98 Å². The number of aromatic nitrogens is 1. The summed E-state index contributed by atoms with van der Waals surface area (Å²) in [4.78, 5) is 4.77. The normalized spacial score (nSPS) is 13.8. The third kappa shape index (κ3) is 2.39. The Bertz CT molecular complexity index is 680. The van der Waals surface area contributed by atoms with Gasteiger partial charge in [0.05, 0.1) is 5.52 Å². The van der Waals surface area contributed by atoms with E-state index in [1.807, 2.05) is 6.07 Å². The average molecular weight is 286 g/mol. The third-order valence-corrected chi connectivity index (χ3v) is 3.81. The molecule has 3 rings (SSSR count). The van der Waals surface area contributed by atoms with E-state index in [-0.39, 0.29) is 0 Å². The van der Waals surface area contributed by atoms with E-state index in [2.05, 4.69) is 39.1 Å². The molecule has 0 atom stereocenters. The van der Waals surface area contributed by atoms with Gasteiger partial charge in [-0.15, -0.1) is 0 Å². The first-order chi connectivity index (χ1) is 10.1. The van der Waals surface area contributed by atoms with Crippen LogP contribution in [0.25, 0.3) is 10.9 Å². The van der Waals surface area contributed by atoms with E-state index in [1.165, 1.54) is 11.3 Å². The van der Waals surface area contributed by atoms with Crippen molar-refractivity contribution >= 4 is 16.6 Å². The number of nitrogens with zero attached hydrogens (tertiary/aromatic N) is 1. The Morgan fingerprint density at radius 3 is 2.48 bits per heavy atom. The molecule has 0 radical (unpaired) electrons.